The molecule has 48 heavy (non-hydrogen) atoms. The number of hydrogen-bond acceptors (Lipinski definition) is 6. The molecule has 9 nitrogen and oxygen atoms in total. The summed E-state index contributed by atoms with van der Waals surface area (Å²) < 4.78 is 41.0. The fraction of sp³-hybridized carbons (Fsp3) is 0.278. The van der Waals surface area contributed by atoms with Gasteiger partial charge in [0.05, 0.1) is 10.6 Å². The molecule has 5 rings (SSSR count). The molecule has 0 spiro atoms. The van der Waals surface area contributed by atoms with Crippen molar-refractivity contribution in [1.82, 2.24) is 10.2 Å². The number of nitrogens with zero attached hydrogens (tertiary/aromatic N) is 2. The van der Waals surface area contributed by atoms with Crippen molar-refractivity contribution in [2.45, 2.75) is 50.2 Å². The highest BCUT2D eigenvalue weighted by Gasteiger charge is 2.35. The van der Waals surface area contributed by atoms with Crippen molar-refractivity contribution >= 4 is 50.7 Å². The second kappa shape index (κ2) is 15.8. The van der Waals surface area contributed by atoms with E-state index in [1.807, 2.05) is 44.2 Å². The molecule has 12 heteroatoms. The lowest BCUT2D eigenvalue weighted by Crippen LogP contribution is -2.54. The zero-order valence-electron chi connectivity index (χ0n) is 26.6. The molecule has 0 bridgehead atoms. The quantitative estimate of drug-likeness (QED) is 0.170. The molecule has 0 radical (unpaired) electrons. The number of hydrogen-bond donors (Lipinski definition) is 1. The molecule has 0 saturated carbocycles. The van der Waals surface area contributed by atoms with Gasteiger partial charge in [-0.1, -0.05) is 84.7 Å². The van der Waals surface area contributed by atoms with Crippen molar-refractivity contribution in [3.63, 3.8) is 0 Å². The summed E-state index contributed by atoms with van der Waals surface area (Å²) in [5.74, 6) is -0.157. The van der Waals surface area contributed by atoms with Crippen LogP contribution in [0.25, 0.3) is 0 Å². The Morgan fingerprint density at radius 2 is 1.54 bits per heavy atom. The van der Waals surface area contributed by atoms with E-state index in [9.17, 15) is 18.0 Å². The first-order chi connectivity index (χ1) is 23.1. The molecule has 4 aromatic carbocycles. The van der Waals surface area contributed by atoms with Crippen LogP contribution in [-0.4, -0.2) is 57.0 Å². The molecule has 2 atom stereocenters. The lowest BCUT2D eigenvalue weighted by Gasteiger charge is -2.34. The van der Waals surface area contributed by atoms with Crippen LogP contribution in [0.15, 0.2) is 102 Å². The van der Waals surface area contributed by atoms with E-state index < -0.39 is 28.5 Å². The predicted octanol–water partition coefficient (Wildman–Crippen LogP) is 6.51. The molecule has 0 saturated heterocycles. The number of benzene rings is 4. The number of carbonyl (C=O) groups is 2. The zero-order chi connectivity index (χ0) is 34.3. The standard InChI is InChI=1S/C36H37Cl2N3O6S/c1-3-25(2)39-36(43)32(20-26-10-6-4-7-11-26)40(23-27-14-15-28(37)21-31(27)38)35(42)24-41(48(44,45)30-12-8-5-9-13-30)29-16-17-33-34(22-29)47-19-18-46-33/h4-17,21-22,25,32H,3,18-20,23-24H2,1-2H3,(H,39,43)/t25-,32+/m1/s1. The van der Waals surface area contributed by atoms with Gasteiger partial charge >= 0.3 is 0 Å². The van der Waals surface area contributed by atoms with E-state index in [2.05, 4.69) is 5.32 Å². The monoisotopic (exact) mass is 709 g/mol. The third-order valence-electron chi connectivity index (χ3n) is 8.05. The van der Waals surface area contributed by atoms with Crippen LogP contribution < -0.4 is 19.1 Å². The number of sulfonamides is 1. The largest absolute Gasteiger partial charge is 0.486 e. The number of anilines is 1. The minimum absolute atomic E-state index is 0.00432. The van der Waals surface area contributed by atoms with Gasteiger partial charge in [0.1, 0.15) is 25.8 Å². The summed E-state index contributed by atoms with van der Waals surface area (Å²) in [6, 6.07) is 25.7. The van der Waals surface area contributed by atoms with Crippen LogP contribution in [0.4, 0.5) is 5.69 Å². The Labute approximate surface area is 291 Å². The Morgan fingerprint density at radius 1 is 0.875 bits per heavy atom. The second-order valence-electron chi connectivity index (χ2n) is 11.4. The summed E-state index contributed by atoms with van der Waals surface area (Å²) in [4.78, 5) is 30.1. The van der Waals surface area contributed by atoms with E-state index in [4.69, 9.17) is 32.7 Å². The van der Waals surface area contributed by atoms with Crippen LogP contribution >= 0.6 is 23.2 Å². The first-order valence-electron chi connectivity index (χ1n) is 15.6. The van der Waals surface area contributed by atoms with Crippen molar-refractivity contribution < 1.29 is 27.5 Å². The summed E-state index contributed by atoms with van der Waals surface area (Å²) in [6.07, 6.45) is 0.851. The first-order valence-corrected chi connectivity index (χ1v) is 17.8. The number of ether oxygens (including phenoxy) is 2. The molecule has 2 amide bonds. The van der Waals surface area contributed by atoms with Gasteiger partial charge in [0.15, 0.2) is 11.5 Å². The fourth-order valence-corrected chi connectivity index (χ4v) is 7.16. The minimum atomic E-state index is -4.28. The van der Waals surface area contributed by atoms with Gasteiger partial charge < -0.3 is 19.7 Å². The van der Waals surface area contributed by atoms with Gasteiger partial charge in [-0.05, 0) is 60.9 Å². The molecule has 1 aliphatic heterocycles. The molecule has 1 heterocycles. The van der Waals surface area contributed by atoms with Crippen molar-refractivity contribution in [3.8, 4) is 11.5 Å². The molecule has 4 aromatic rings. The summed E-state index contributed by atoms with van der Waals surface area (Å²) >= 11 is 12.8. The molecule has 0 aromatic heterocycles. The molecule has 1 aliphatic rings. The maximum absolute atomic E-state index is 14.7. The second-order valence-corrected chi connectivity index (χ2v) is 14.1. The van der Waals surface area contributed by atoms with Crippen LogP contribution in [0.3, 0.4) is 0 Å². The van der Waals surface area contributed by atoms with Gasteiger partial charge in [-0.3, -0.25) is 13.9 Å². The first kappa shape index (κ1) is 35.1. The van der Waals surface area contributed by atoms with Crippen LogP contribution in [0.5, 0.6) is 11.5 Å². The van der Waals surface area contributed by atoms with E-state index in [-0.39, 0.29) is 35.5 Å². The van der Waals surface area contributed by atoms with E-state index >= 15 is 0 Å². The third-order valence-corrected chi connectivity index (χ3v) is 10.4. The van der Waals surface area contributed by atoms with Gasteiger partial charge in [0.2, 0.25) is 11.8 Å². The predicted molar refractivity (Wildman–Crippen MR) is 187 cm³/mol. The fourth-order valence-electron chi connectivity index (χ4n) is 5.26. The topological polar surface area (TPSA) is 105 Å². The van der Waals surface area contributed by atoms with E-state index in [0.717, 1.165) is 9.87 Å². The van der Waals surface area contributed by atoms with E-state index in [1.54, 1.807) is 54.6 Å². The average molecular weight is 711 g/mol. The van der Waals surface area contributed by atoms with Gasteiger partial charge in [0, 0.05) is 35.1 Å². The van der Waals surface area contributed by atoms with Crippen LogP contribution in [0.1, 0.15) is 31.4 Å². The molecule has 252 valence electrons. The number of rotatable bonds is 13. The van der Waals surface area contributed by atoms with Gasteiger partial charge in [0.25, 0.3) is 10.0 Å². The highest BCUT2D eigenvalue weighted by atomic mass is 35.5. The van der Waals surface area contributed by atoms with Crippen molar-refractivity contribution in [3.05, 3.63) is 118 Å². The maximum atomic E-state index is 14.7. The highest BCUT2D eigenvalue weighted by molar-refractivity contribution is 7.92. The lowest BCUT2D eigenvalue weighted by atomic mass is 10.0. The number of carbonyl (C=O) groups excluding carboxylic acids is 2. The van der Waals surface area contributed by atoms with Gasteiger partial charge in [-0.25, -0.2) is 8.42 Å². The molecule has 0 unspecified atom stereocenters. The third kappa shape index (κ3) is 8.42. The normalized spacial score (nSPS) is 13.7. The van der Waals surface area contributed by atoms with Crippen LogP contribution in [-0.2, 0) is 32.6 Å². The molecule has 0 aliphatic carbocycles. The Hall–Kier alpha value is -4.25. The molecular formula is C36H37Cl2N3O6S. The number of fused-ring (bicyclic) bond motifs is 1. The number of halogens is 2. The average Bonchev–Trinajstić information content (AvgIpc) is 3.09. The Balaban J connectivity index is 1.60. The lowest BCUT2D eigenvalue weighted by molar-refractivity contribution is -0.140. The van der Waals surface area contributed by atoms with Gasteiger partial charge in [-0.15, -0.1) is 0 Å². The minimum Gasteiger partial charge on any atom is -0.486 e. The summed E-state index contributed by atoms with van der Waals surface area (Å²) in [5.41, 5.74) is 1.56. The zero-order valence-corrected chi connectivity index (χ0v) is 29.0. The van der Waals surface area contributed by atoms with E-state index in [1.165, 1.54) is 17.0 Å². The van der Waals surface area contributed by atoms with Gasteiger partial charge in [-0.2, -0.15) is 0 Å². The number of amides is 2. The molecular weight excluding hydrogens is 673 g/mol. The maximum Gasteiger partial charge on any atom is 0.264 e. The molecule has 1 N–H and O–H groups in total. The summed E-state index contributed by atoms with van der Waals surface area (Å²) in [6.45, 7) is 3.79. The number of nitrogens with one attached hydrogen (secondary N) is 1. The Bertz CT molecular complexity index is 1840. The van der Waals surface area contributed by atoms with Crippen molar-refractivity contribution in [1.29, 1.82) is 0 Å². The Kier molecular flexibility index (Phi) is 11.5. The smallest absolute Gasteiger partial charge is 0.264 e. The molecule has 0 fully saturated rings. The van der Waals surface area contributed by atoms with E-state index in [0.29, 0.717) is 46.7 Å². The van der Waals surface area contributed by atoms with Crippen LogP contribution in [0, 0.1) is 0 Å². The highest BCUT2D eigenvalue weighted by Crippen LogP contribution is 2.36. The van der Waals surface area contributed by atoms with Crippen molar-refractivity contribution in [2.75, 3.05) is 24.1 Å². The summed E-state index contributed by atoms with van der Waals surface area (Å²) in [7, 11) is -4.28. The summed E-state index contributed by atoms with van der Waals surface area (Å²) in [5, 5.41) is 3.74. The van der Waals surface area contributed by atoms with Crippen molar-refractivity contribution in [2.24, 2.45) is 0 Å². The Morgan fingerprint density at radius 3 is 2.21 bits per heavy atom. The van der Waals surface area contributed by atoms with Crippen LogP contribution in [0.2, 0.25) is 10.0 Å². The SMILES string of the molecule is CC[C@@H](C)NC(=O)[C@H](Cc1ccccc1)N(Cc1ccc(Cl)cc1Cl)C(=O)CN(c1ccc2c(c1)OCCO2)S(=O)(=O)c1ccccc1.